The molecule has 0 unspecified atom stereocenters. The highest BCUT2D eigenvalue weighted by Crippen LogP contribution is 2.70. The Morgan fingerprint density at radius 2 is 1.70 bits per heavy atom. The summed E-state index contributed by atoms with van der Waals surface area (Å²) in [5.74, 6) is 5.63. The Labute approximate surface area is 204 Å². The SMILES string of the molecule is CO[C@@H]1C/C(=N\O)C(C)(C)[C@@H]2CC[C@H]3[C@@H]4CC[C@H]([C@H](C)CCCC(C)C)[C@@]4(C)CC[C@@H]3[C@@]12C. The maximum Gasteiger partial charge on any atom is 0.0684 e. The predicted octanol–water partition coefficient (Wildman–Crippen LogP) is 8.20. The van der Waals surface area contributed by atoms with Gasteiger partial charge in [0.05, 0.1) is 11.8 Å². The molecule has 0 heterocycles. The third kappa shape index (κ3) is 3.91. The average Bonchev–Trinajstić information content (AvgIpc) is 3.10. The normalized spacial score (nSPS) is 46.6. The molecule has 0 saturated heterocycles. The van der Waals surface area contributed by atoms with Crippen LogP contribution in [0.25, 0.3) is 0 Å². The molecule has 0 amide bonds. The number of methoxy groups -OCH3 is 1. The molecule has 4 fully saturated rings. The predicted molar refractivity (Wildman–Crippen MR) is 138 cm³/mol. The van der Waals surface area contributed by atoms with Crippen molar-refractivity contribution in [1.29, 1.82) is 0 Å². The molecule has 3 heteroatoms. The van der Waals surface area contributed by atoms with Crippen molar-refractivity contribution in [1.82, 2.24) is 0 Å². The Bertz CT molecular complexity index is 729. The van der Waals surface area contributed by atoms with Gasteiger partial charge in [0, 0.05) is 24.4 Å². The molecule has 0 bridgehead atoms. The molecule has 4 aliphatic carbocycles. The second-order valence-corrected chi connectivity index (χ2v) is 14.1. The fourth-order valence-corrected chi connectivity index (χ4v) is 10.4. The van der Waals surface area contributed by atoms with E-state index in [2.05, 4.69) is 53.6 Å². The lowest BCUT2D eigenvalue weighted by atomic mass is 9.40. The van der Waals surface area contributed by atoms with Crippen LogP contribution < -0.4 is 0 Å². The van der Waals surface area contributed by atoms with Crippen LogP contribution in [0.3, 0.4) is 0 Å². The zero-order chi connectivity index (χ0) is 24.2. The third-order valence-corrected chi connectivity index (χ3v) is 12.1. The molecule has 4 aliphatic rings. The highest BCUT2D eigenvalue weighted by molar-refractivity contribution is 5.91. The van der Waals surface area contributed by atoms with E-state index in [9.17, 15) is 5.21 Å². The highest BCUT2D eigenvalue weighted by atomic mass is 16.5. The van der Waals surface area contributed by atoms with E-state index in [0.29, 0.717) is 11.3 Å². The summed E-state index contributed by atoms with van der Waals surface area (Å²) in [6.45, 7) is 17.2. The van der Waals surface area contributed by atoms with Crippen molar-refractivity contribution < 1.29 is 9.94 Å². The minimum Gasteiger partial charge on any atom is -0.411 e. The molecule has 1 N–H and O–H groups in total. The summed E-state index contributed by atoms with van der Waals surface area (Å²) in [7, 11) is 1.89. The number of ether oxygens (including phenoxy) is 1. The molecule has 4 saturated carbocycles. The first-order chi connectivity index (χ1) is 15.5. The van der Waals surface area contributed by atoms with Gasteiger partial charge in [-0.3, -0.25) is 0 Å². The summed E-state index contributed by atoms with van der Waals surface area (Å²) in [4.78, 5) is 0. The van der Waals surface area contributed by atoms with Gasteiger partial charge in [-0.25, -0.2) is 0 Å². The van der Waals surface area contributed by atoms with E-state index in [-0.39, 0.29) is 16.9 Å². The smallest absolute Gasteiger partial charge is 0.0684 e. The Morgan fingerprint density at radius 3 is 2.33 bits per heavy atom. The minimum absolute atomic E-state index is 0.0482. The molecule has 33 heavy (non-hydrogen) atoms. The Morgan fingerprint density at radius 1 is 0.970 bits per heavy atom. The Balaban J connectivity index is 1.57. The van der Waals surface area contributed by atoms with Crippen LogP contribution in [0.15, 0.2) is 5.16 Å². The third-order valence-electron chi connectivity index (χ3n) is 12.1. The maximum atomic E-state index is 9.81. The van der Waals surface area contributed by atoms with Crippen LogP contribution in [0, 0.1) is 57.7 Å². The second-order valence-electron chi connectivity index (χ2n) is 14.1. The quantitative estimate of drug-likeness (QED) is 0.321. The molecule has 190 valence electrons. The lowest BCUT2D eigenvalue weighted by molar-refractivity contribution is -0.179. The van der Waals surface area contributed by atoms with Gasteiger partial charge in [0.1, 0.15) is 0 Å². The summed E-state index contributed by atoms with van der Waals surface area (Å²) in [5, 5.41) is 13.6. The van der Waals surface area contributed by atoms with Crippen LogP contribution in [0.4, 0.5) is 0 Å². The Hall–Kier alpha value is -0.570. The lowest BCUT2D eigenvalue weighted by Crippen LogP contribution is -2.63. The van der Waals surface area contributed by atoms with Gasteiger partial charge < -0.3 is 9.94 Å². The Kier molecular flexibility index (Phi) is 7.07. The van der Waals surface area contributed by atoms with E-state index >= 15 is 0 Å². The second kappa shape index (κ2) is 9.14. The molecule has 9 atom stereocenters. The molecule has 4 rings (SSSR count). The molecule has 3 nitrogen and oxygen atoms in total. The van der Waals surface area contributed by atoms with Crippen LogP contribution in [0.5, 0.6) is 0 Å². The van der Waals surface area contributed by atoms with Crippen LogP contribution in [0.1, 0.15) is 113 Å². The van der Waals surface area contributed by atoms with Crippen molar-refractivity contribution in [3.05, 3.63) is 0 Å². The maximum absolute atomic E-state index is 9.81. The highest BCUT2D eigenvalue weighted by Gasteiger charge is 2.65. The number of fused-ring (bicyclic) bond motifs is 5. The van der Waals surface area contributed by atoms with Crippen molar-refractivity contribution in [2.45, 2.75) is 119 Å². The standard InChI is InChI=1S/C30H53NO2/c1-19(2)10-9-11-20(3)22-13-14-23-21-12-15-25-28(4,5)26(31-32)18-27(33-8)30(25,7)24(21)16-17-29(22,23)6/h19-25,27,32H,9-18H2,1-8H3/b31-26+/t20-,21+,22-,23+,24+,25+,27-,29-,30-/m1/s1. The molecular weight excluding hydrogens is 406 g/mol. The lowest BCUT2D eigenvalue weighted by Gasteiger charge is -2.65. The van der Waals surface area contributed by atoms with Gasteiger partial charge in [0.15, 0.2) is 0 Å². The summed E-state index contributed by atoms with van der Waals surface area (Å²) in [5.41, 5.74) is 1.61. The first kappa shape index (κ1) is 25.5. The molecule has 0 aromatic rings. The summed E-state index contributed by atoms with van der Waals surface area (Å²) < 4.78 is 6.21. The van der Waals surface area contributed by atoms with E-state index in [1.165, 1.54) is 57.8 Å². The molecular formula is C30H53NO2. The first-order valence-electron chi connectivity index (χ1n) is 14.3. The van der Waals surface area contributed by atoms with E-state index < -0.39 is 0 Å². The van der Waals surface area contributed by atoms with Crippen molar-refractivity contribution in [2.24, 2.45) is 62.8 Å². The van der Waals surface area contributed by atoms with Gasteiger partial charge in [-0.05, 0) is 85.4 Å². The number of rotatable bonds is 6. The number of hydrogen-bond acceptors (Lipinski definition) is 3. The van der Waals surface area contributed by atoms with Gasteiger partial charge in [0.25, 0.3) is 0 Å². The van der Waals surface area contributed by atoms with Crippen LogP contribution in [-0.2, 0) is 4.74 Å². The van der Waals surface area contributed by atoms with Gasteiger partial charge in [-0.15, -0.1) is 0 Å². The van der Waals surface area contributed by atoms with Gasteiger partial charge in [-0.2, -0.15) is 0 Å². The van der Waals surface area contributed by atoms with Gasteiger partial charge >= 0.3 is 0 Å². The fourth-order valence-electron chi connectivity index (χ4n) is 10.4. The van der Waals surface area contributed by atoms with Gasteiger partial charge in [-0.1, -0.05) is 72.9 Å². The summed E-state index contributed by atoms with van der Waals surface area (Å²) >= 11 is 0. The zero-order valence-corrected chi connectivity index (χ0v) is 23.0. The van der Waals surface area contributed by atoms with Gasteiger partial charge in [0.2, 0.25) is 0 Å². The molecule has 0 spiro atoms. The van der Waals surface area contributed by atoms with Crippen LogP contribution in [-0.4, -0.2) is 24.1 Å². The van der Waals surface area contributed by atoms with Crippen molar-refractivity contribution in [3.8, 4) is 0 Å². The van der Waals surface area contributed by atoms with Crippen LogP contribution in [0.2, 0.25) is 0 Å². The molecule has 0 aliphatic heterocycles. The fraction of sp³-hybridized carbons (Fsp3) is 0.967. The van der Waals surface area contributed by atoms with E-state index in [1.807, 2.05) is 7.11 Å². The topological polar surface area (TPSA) is 41.8 Å². The minimum atomic E-state index is -0.0482. The van der Waals surface area contributed by atoms with Crippen molar-refractivity contribution >= 4 is 5.71 Å². The van der Waals surface area contributed by atoms with Crippen LogP contribution >= 0.6 is 0 Å². The monoisotopic (exact) mass is 459 g/mol. The van der Waals surface area contributed by atoms with E-state index in [1.54, 1.807) is 0 Å². The number of hydrogen-bond donors (Lipinski definition) is 1. The molecule has 0 radical (unpaired) electrons. The summed E-state index contributed by atoms with van der Waals surface area (Å²) in [6, 6.07) is 0. The summed E-state index contributed by atoms with van der Waals surface area (Å²) in [6.07, 6.45) is 13.4. The molecule has 0 aromatic carbocycles. The number of nitrogens with zero attached hydrogens (tertiary/aromatic N) is 1. The average molecular weight is 460 g/mol. The number of oxime groups is 1. The molecule has 0 aromatic heterocycles. The van der Waals surface area contributed by atoms with E-state index in [0.717, 1.165) is 47.6 Å². The first-order valence-corrected chi connectivity index (χ1v) is 14.3. The zero-order valence-electron chi connectivity index (χ0n) is 23.0. The largest absolute Gasteiger partial charge is 0.411 e. The van der Waals surface area contributed by atoms with Crippen molar-refractivity contribution in [2.75, 3.05) is 7.11 Å². The van der Waals surface area contributed by atoms with Crippen molar-refractivity contribution in [3.63, 3.8) is 0 Å². The van der Waals surface area contributed by atoms with E-state index in [4.69, 9.17) is 4.74 Å².